The van der Waals surface area contributed by atoms with Crippen LogP contribution in [0.15, 0.2) is 36.4 Å². The third-order valence-electron chi connectivity index (χ3n) is 2.93. The van der Waals surface area contributed by atoms with Gasteiger partial charge in [-0.2, -0.15) is 0 Å². The smallest absolute Gasteiger partial charge is 0.122 e. The Morgan fingerprint density at radius 3 is 2.71 bits per heavy atom. The van der Waals surface area contributed by atoms with E-state index < -0.39 is 6.10 Å². The van der Waals surface area contributed by atoms with Crippen molar-refractivity contribution in [2.45, 2.75) is 12.5 Å². The number of fused-ring (bicyclic) bond motifs is 1. The molecule has 0 aliphatic heterocycles. The van der Waals surface area contributed by atoms with Crippen molar-refractivity contribution in [3.8, 4) is 5.75 Å². The van der Waals surface area contributed by atoms with Crippen molar-refractivity contribution in [3.63, 3.8) is 0 Å². The Morgan fingerprint density at radius 2 is 2.00 bits per heavy atom. The van der Waals surface area contributed by atoms with Gasteiger partial charge < -0.3 is 15.6 Å². The first-order valence-corrected chi connectivity index (χ1v) is 5.69. The molecule has 3 heteroatoms. The average molecular weight is 231 g/mol. The Balaban J connectivity index is 2.54. The van der Waals surface area contributed by atoms with Gasteiger partial charge in [0.1, 0.15) is 5.75 Å². The molecule has 0 fully saturated rings. The predicted octanol–water partition coefficient (Wildman–Crippen LogP) is 1.71. The quantitative estimate of drug-likeness (QED) is 0.842. The highest BCUT2D eigenvalue weighted by atomic mass is 16.5. The summed E-state index contributed by atoms with van der Waals surface area (Å²) < 4.78 is 5.35. The van der Waals surface area contributed by atoms with E-state index >= 15 is 0 Å². The summed E-state index contributed by atoms with van der Waals surface area (Å²) in [5, 5.41) is 12.0. The molecule has 1 unspecified atom stereocenters. The summed E-state index contributed by atoms with van der Waals surface area (Å²) in [7, 11) is 1.64. The maximum Gasteiger partial charge on any atom is 0.122 e. The molecule has 0 spiro atoms. The summed E-state index contributed by atoms with van der Waals surface area (Å²) in [5.74, 6) is 0.802. The molecule has 0 aliphatic carbocycles. The number of aliphatic hydroxyl groups excluding tert-OH is 1. The first kappa shape index (κ1) is 11.9. The summed E-state index contributed by atoms with van der Waals surface area (Å²) in [5.41, 5.74) is 6.48. The van der Waals surface area contributed by atoms with E-state index in [2.05, 4.69) is 0 Å². The molecule has 2 aromatic carbocycles. The minimum atomic E-state index is -0.533. The molecule has 0 aliphatic rings. The SMILES string of the molecule is COc1ccc2ccccc2c1CC(O)CN. The van der Waals surface area contributed by atoms with Crippen LogP contribution in [-0.2, 0) is 6.42 Å². The highest BCUT2D eigenvalue weighted by Gasteiger charge is 2.11. The van der Waals surface area contributed by atoms with Gasteiger partial charge in [-0.3, -0.25) is 0 Å². The monoisotopic (exact) mass is 231 g/mol. The molecular formula is C14H17NO2. The number of methoxy groups -OCH3 is 1. The van der Waals surface area contributed by atoms with E-state index in [1.54, 1.807) is 7.11 Å². The molecule has 1 atom stereocenters. The largest absolute Gasteiger partial charge is 0.496 e. The summed E-state index contributed by atoms with van der Waals surface area (Å²) in [6.07, 6.45) is -0.0178. The number of benzene rings is 2. The molecule has 3 nitrogen and oxygen atoms in total. The van der Waals surface area contributed by atoms with Gasteiger partial charge in [-0.05, 0) is 16.8 Å². The van der Waals surface area contributed by atoms with Crippen LogP contribution in [0.4, 0.5) is 0 Å². The summed E-state index contributed by atoms with van der Waals surface area (Å²) in [4.78, 5) is 0. The van der Waals surface area contributed by atoms with E-state index in [9.17, 15) is 5.11 Å². The number of nitrogens with two attached hydrogens (primary N) is 1. The molecule has 0 aromatic heterocycles. The molecule has 17 heavy (non-hydrogen) atoms. The van der Waals surface area contributed by atoms with Crippen LogP contribution in [0.5, 0.6) is 5.75 Å². The van der Waals surface area contributed by atoms with Crippen LogP contribution in [-0.4, -0.2) is 24.9 Å². The standard InChI is InChI=1S/C14H17NO2/c1-17-14-7-6-10-4-2-3-5-12(10)13(14)8-11(16)9-15/h2-7,11,16H,8-9,15H2,1H3. The van der Waals surface area contributed by atoms with E-state index in [0.29, 0.717) is 6.42 Å². The number of rotatable bonds is 4. The van der Waals surface area contributed by atoms with Gasteiger partial charge in [0.05, 0.1) is 13.2 Å². The van der Waals surface area contributed by atoms with Crippen LogP contribution in [0.2, 0.25) is 0 Å². The molecule has 2 aromatic rings. The first-order valence-electron chi connectivity index (χ1n) is 5.69. The zero-order chi connectivity index (χ0) is 12.3. The number of ether oxygens (including phenoxy) is 1. The Labute approximate surface area is 101 Å². The molecule has 3 N–H and O–H groups in total. The van der Waals surface area contributed by atoms with E-state index in [0.717, 1.165) is 22.1 Å². The van der Waals surface area contributed by atoms with Crippen LogP contribution in [0, 0.1) is 0 Å². The second kappa shape index (κ2) is 5.17. The Morgan fingerprint density at radius 1 is 1.24 bits per heavy atom. The van der Waals surface area contributed by atoms with Gasteiger partial charge in [0, 0.05) is 18.5 Å². The maximum absolute atomic E-state index is 9.71. The van der Waals surface area contributed by atoms with Crippen molar-refractivity contribution in [1.82, 2.24) is 0 Å². The van der Waals surface area contributed by atoms with Gasteiger partial charge in [-0.1, -0.05) is 30.3 Å². The van der Waals surface area contributed by atoms with E-state index in [1.165, 1.54) is 0 Å². The van der Waals surface area contributed by atoms with Crippen LogP contribution in [0.25, 0.3) is 10.8 Å². The second-order valence-electron chi connectivity index (χ2n) is 4.06. The third kappa shape index (κ3) is 2.40. The second-order valence-corrected chi connectivity index (χ2v) is 4.06. The van der Waals surface area contributed by atoms with Crippen molar-refractivity contribution in [2.75, 3.05) is 13.7 Å². The fourth-order valence-corrected chi connectivity index (χ4v) is 2.04. The third-order valence-corrected chi connectivity index (χ3v) is 2.93. The van der Waals surface area contributed by atoms with Crippen LogP contribution < -0.4 is 10.5 Å². The van der Waals surface area contributed by atoms with Crippen LogP contribution >= 0.6 is 0 Å². The number of hydrogen-bond acceptors (Lipinski definition) is 3. The molecule has 0 bridgehead atoms. The lowest BCUT2D eigenvalue weighted by Crippen LogP contribution is -2.22. The molecule has 0 heterocycles. The van der Waals surface area contributed by atoms with E-state index in [-0.39, 0.29) is 6.54 Å². The maximum atomic E-state index is 9.71. The van der Waals surface area contributed by atoms with Gasteiger partial charge in [0.25, 0.3) is 0 Å². The fourth-order valence-electron chi connectivity index (χ4n) is 2.04. The van der Waals surface area contributed by atoms with Gasteiger partial charge in [-0.15, -0.1) is 0 Å². The Bertz CT molecular complexity index is 511. The average Bonchev–Trinajstić information content (AvgIpc) is 2.39. The molecule has 90 valence electrons. The zero-order valence-electron chi connectivity index (χ0n) is 9.89. The summed E-state index contributed by atoms with van der Waals surface area (Å²) in [6.45, 7) is 0.256. The Kier molecular flexibility index (Phi) is 3.61. The lowest BCUT2D eigenvalue weighted by molar-refractivity contribution is 0.182. The molecule has 2 rings (SSSR count). The van der Waals surface area contributed by atoms with Crippen molar-refractivity contribution in [1.29, 1.82) is 0 Å². The van der Waals surface area contributed by atoms with E-state index in [1.807, 2.05) is 36.4 Å². The summed E-state index contributed by atoms with van der Waals surface area (Å²) in [6, 6.07) is 12.0. The van der Waals surface area contributed by atoms with E-state index in [4.69, 9.17) is 10.5 Å². The predicted molar refractivity (Wildman–Crippen MR) is 69.3 cm³/mol. The minimum Gasteiger partial charge on any atom is -0.496 e. The van der Waals surface area contributed by atoms with Crippen LogP contribution in [0.1, 0.15) is 5.56 Å². The van der Waals surface area contributed by atoms with Gasteiger partial charge in [0.2, 0.25) is 0 Å². The van der Waals surface area contributed by atoms with Crippen molar-refractivity contribution >= 4 is 10.8 Å². The summed E-state index contributed by atoms with van der Waals surface area (Å²) >= 11 is 0. The molecule has 0 saturated carbocycles. The van der Waals surface area contributed by atoms with Crippen molar-refractivity contribution < 1.29 is 9.84 Å². The van der Waals surface area contributed by atoms with Gasteiger partial charge in [-0.25, -0.2) is 0 Å². The highest BCUT2D eigenvalue weighted by molar-refractivity contribution is 5.87. The van der Waals surface area contributed by atoms with Gasteiger partial charge in [0.15, 0.2) is 0 Å². The zero-order valence-corrected chi connectivity index (χ0v) is 9.89. The lowest BCUT2D eigenvalue weighted by atomic mass is 9.98. The van der Waals surface area contributed by atoms with Crippen LogP contribution in [0.3, 0.4) is 0 Å². The topological polar surface area (TPSA) is 55.5 Å². The molecule has 0 amide bonds. The highest BCUT2D eigenvalue weighted by Crippen LogP contribution is 2.28. The molecule has 0 radical (unpaired) electrons. The first-order chi connectivity index (χ1) is 8.26. The molecular weight excluding hydrogens is 214 g/mol. The molecule has 0 saturated heterocycles. The Hall–Kier alpha value is -1.58. The number of aliphatic hydroxyl groups is 1. The minimum absolute atomic E-state index is 0.256. The lowest BCUT2D eigenvalue weighted by Gasteiger charge is -2.14. The van der Waals surface area contributed by atoms with Gasteiger partial charge >= 0.3 is 0 Å². The fraction of sp³-hybridized carbons (Fsp3) is 0.286. The van der Waals surface area contributed by atoms with Crippen molar-refractivity contribution in [2.24, 2.45) is 5.73 Å². The van der Waals surface area contributed by atoms with Crippen molar-refractivity contribution in [3.05, 3.63) is 42.0 Å². The normalized spacial score (nSPS) is 12.6. The number of hydrogen-bond donors (Lipinski definition) is 2.